The lowest BCUT2D eigenvalue weighted by atomic mass is 9.91. The van der Waals surface area contributed by atoms with Crippen LogP contribution in [0.4, 0.5) is 0 Å². The van der Waals surface area contributed by atoms with Gasteiger partial charge in [0.2, 0.25) is 0 Å². The largest absolute Gasteiger partial charge is 0.311 e. The van der Waals surface area contributed by atoms with E-state index < -0.39 is 0 Å². The first kappa shape index (κ1) is 11.4. The van der Waals surface area contributed by atoms with Crippen LogP contribution in [0.2, 0.25) is 0 Å². The van der Waals surface area contributed by atoms with Crippen LogP contribution >= 0.6 is 0 Å². The molecule has 1 nitrogen and oxygen atoms in total. The van der Waals surface area contributed by atoms with Crippen LogP contribution in [0.25, 0.3) is 0 Å². The fourth-order valence-corrected chi connectivity index (χ4v) is 3.31. The van der Waals surface area contributed by atoms with Crippen LogP contribution in [0, 0.1) is 5.92 Å². The summed E-state index contributed by atoms with van der Waals surface area (Å²) in [5, 5.41) is 3.95. The summed E-state index contributed by atoms with van der Waals surface area (Å²) in [6, 6.07) is 1.68. The summed E-state index contributed by atoms with van der Waals surface area (Å²) in [6.07, 6.45) is 14.5. The van der Waals surface area contributed by atoms with Crippen molar-refractivity contribution >= 4 is 0 Å². The summed E-state index contributed by atoms with van der Waals surface area (Å²) in [5.74, 6) is 0.912. The van der Waals surface area contributed by atoms with Crippen molar-refractivity contribution in [3.05, 3.63) is 0 Å². The van der Waals surface area contributed by atoms with Gasteiger partial charge in [-0.15, -0.1) is 0 Å². The number of hydrogen-bond donors (Lipinski definition) is 1. The summed E-state index contributed by atoms with van der Waals surface area (Å²) in [4.78, 5) is 0. The minimum Gasteiger partial charge on any atom is -0.311 e. The third-order valence-corrected chi connectivity index (χ3v) is 4.42. The maximum atomic E-state index is 3.95. The molecule has 88 valence electrons. The van der Waals surface area contributed by atoms with E-state index in [-0.39, 0.29) is 0 Å². The monoisotopic (exact) mass is 209 g/mol. The second-order valence-electron chi connectivity index (χ2n) is 5.72. The predicted molar refractivity (Wildman–Crippen MR) is 66.0 cm³/mol. The van der Waals surface area contributed by atoms with E-state index in [0.717, 1.165) is 18.0 Å². The van der Waals surface area contributed by atoms with Crippen molar-refractivity contribution in [3.8, 4) is 0 Å². The molecule has 1 heteroatoms. The smallest absolute Gasteiger partial charge is 0.00952 e. The lowest BCUT2D eigenvalue weighted by molar-refractivity contribution is 0.278. The fraction of sp³-hybridized carbons (Fsp3) is 1.00. The first-order valence-corrected chi connectivity index (χ1v) is 7.12. The molecule has 0 aliphatic heterocycles. The normalized spacial score (nSPS) is 35.0. The Balaban J connectivity index is 1.79. The van der Waals surface area contributed by atoms with E-state index >= 15 is 0 Å². The first-order chi connectivity index (χ1) is 7.36. The molecular formula is C14H27N. The van der Waals surface area contributed by atoms with Crippen LogP contribution in [0.3, 0.4) is 0 Å². The molecule has 0 bridgehead atoms. The number of hydrogen-bond acceptors (Lipinski definition) is 1. The maximum Gasteiger partial charge on any atom is 0.00952 e. The summed E-state index contributed by atoms with van der Waals surface area (Å²) < 4.78 is 0. The van der Waals surface area contributed by atoms with Crippen molar-refractivity contribution in [1.29, 1.82) is 0 Å². The molecule has 2 saturated carbocycles. The van der Waals surface area contributed by atoms with Gasteiger partial charge >= 0.3 is 0 Å². The van der Waals surface area contributed by atoms with E-state index in [9.17, 15) is 0 Å². The van der Waals surface area contributed by atoms with Crippen LogP contribution < -0.4 is 5.32 Å². The Bertz CT molecular complexity index is 172. The molecule has 1 N–H and O–H groups in total. The third-order valence-electron chi connectivity index (χ3n) is 4.42. The second kappa shape index (κ2) is 5.89. The van der Waals surface area contributed by atoms with Gasteiger partial charge in [-0.1, -0.05) is 45.4 Å². The van der Waals surface area contributed by atoms with E-state index in [2.05, 4.69) is 12.2 Å². The average Bonchev–Trinajstić information content (AvgIpc) is 2.46. The molecule has 0 amide bonds. The Morgan fingerprint density at radius 1 is 0.733 bits per heavy atom. The molecule has 2 fully saturated rings. The second-order valence-corrected chi connectivity index (χ2v) is 5.72. The van der Waals surface area contributed by atoms with Gasteiger partial charge < -0.3 is 5.32 Å². The van der Waals surface area contributed by atoms with Gasteiger partial charge in [-0.05, 0) is 31.6 Å². The summed E-state index contributed by atoms with van der Waals surface area (Å²) in [7, 11) is 0. The Labute approximate surface area is 95.0 Å². The van der Waals surface area contributed by atoms with Gasteiger partial charge in [-0.3, -0.25) is 0 Å². The van der Waals surface area contributed by atoms with Crippen molar-refractivity contribution in [2.75, 3.05) is 0 Å². The molecule has 0 aromatic carbocycles. The Hall–Kier alpha value is -0.0400. The van der Waals surface area contributed by atoms with Gasteiger partial charge in [-0.25, -0.2) is 0 Å². The number of nitrogens with one attached hydrogen (secondary N) is 1. The molecule has 2 aliphatic carbocycles. The van der Waals surface area contributed by atoms with Crippen LogP contribution in [0.1, 0.15) is 71.1 Å². The zero-order chi connectivity index (χ0) is 10.5. The van der Waals surface area contributed by atoms with Crippen molar-refractivity contribution in [2.24, 2.45) is 5.92 Å². The van der Waals surface area contributed by atoms with Gasteiger partial charge in [0.25, 0.3) is 0 Å². The molecule has 0 heterocycles. The van der Waals surface area contributed by atoms with Crippen LogP contribution in [0.15, 0.2) is 0 Å². The fourth-order valence-electron chi connectivity index (χ4n) is 3.31. The predicted octanol–water partition coefficient (Wildman–Crippen LogP) is 3.88. The van der Waals surface area contributed by atoms with Crippen LogP contribution in [-0.2, 0) is 0 Å². The molecule has 0 aromatic rings. The Morgan fingerprint density at radius 3 is 2.07 bits per heavy atom. The molecule has 2 rings (SSSR count). The van der Waals surface area contributed by atoms with Gasteiger partial charge in [0.1, 0.15) is 0 Å². The third kappa shape index (κ3) is 3.48. The van der Waals surface area contributed by atoms with Crippen molar-refractivity contribution < 1.29 is 0 Å². The Kier molecular flexibility index (Phi) is 4.49. The lowest BCUT2D eigenvalue weighted by Crippen LogP contribution is -2.42. The average molecular weight is 209 g/mol. The van der Waals surface area contributed by atoms with E-state index in [4.69, 9.17) is 0 Å². The summed E-state index contributed by atoms with van der Waals surface area (Å²) in [6.45, 7) is 2.45. The van der Waals surface area contributed by atoms with E-state index in [1.807, 2.05) is 0 Å². The van der Waals surface area contributed by atoms with Gasteiger partial charge in [0.05, 0.1) is 0 Å². The molecule has 0 spiro atoms. The summed E-state index contributed by atoms with van der Waals surface area (Å²) >= 11 is 0. The zero-order valence-corrected chi connectivity index (χ0v) is 10.3. The highest BCUT2D eigenvalue weighted by Crippen LogP contribution is 2.25. The Morgan fingerprint density at radius 2 is 1.33 bits per heavy atom. The topological polar surface area (TPSA) is 12.0 Å². The quantitative estimate of drug-likeness (QED) is 0.681. The minimum atomic E-state index is 0.829. The van der Waals surface area contributed by atoms with E-state index in [0.29, 0.717) is 0 Å². The molecule has 0 aromatic heterocycles. The van der Waals surface area contributed by atoms with Crippen molar-refractivity contribution in [2.45, 2.75) is 83.2 Å². The van der Waals surface area contributed by atoms with Gasteiger partial charge in [-0.2, -0.15) is 0 Å². The zero-order valence-electron chi connectivity index (χ0n) is 10.3. The molecular weight excluding hydrogens is 182 g/mol. The van der Waals surface area contributed by atoms with E-state index in [1.165, 1.54) is 64.2 Å². The maximum absolute atomic E-state index is 3.95. The molecule has 2 aliphatic rings. The minimum absolute atomic E-state index is 0.829. The lowest BCUT2D eigenvalue weighted by Gasteiger charge is -2.31. The van der Waals surface area contributed by atoms with Crippen molar-refractivity contribution in [1.82, 2.24) is 5.32 Å². The number of rotatable bonds is 2. The molecule has 2 unspecified atom stereocenters. The standard InChI is InChI=1S/C14H27N/c1-12-8-4-2-7-11-14(12)15-13-9-5-3-6-10-13/h12-15H,2-11H2,1H3. The highest BCUT2D eigenvalue weighted by atomic mass is 15.0. The molecule has 15 heavy (non-hydrogen) atoms. The molecule has 0 saturated heterocycles. The van der Waals surface area contributed by atoms with Crippen LogP contribution in [-0.4, -0.2) is 12.1 Å². The van der Waals surface area contributed by atoms with Gasteiger partial charge in [0.15, 0.2) is 0 Å². The van der Waals surface area contributed by atoms with Crippen LogP contribution in [0.5, 0.6) is 0 Å². The highest BCUT2D eigenvalue weighted by Gasteiger charge is 2.23. The first-order valence-electron chi connectivity index (χ1n) is 7.12. The molecule has 2 atom stereocenters. The SMILES string of the molecule is CC1CCCCCC1NC1CCCCC1. The van der Waals surface area contributed by atoms with Gasteiger partial charge in [0, 0.05) is 12.1 Å². The molecule has 0 radical (unpaired) electrons. The highest BCUT2D eigenvalue weighted by molar-refractivity contribution is 4.82. The van der Waals surface area contributed by atoms with Crippen molar-refractivity contribution in [3.63, 3.8) is 0 Å². The summed E-state index contributed by atoms with van der Waals surface area (Å²) in [5.41, 5.74) is 0. The van der Waals surface area contributed by atoms with E-state index in [1.54, 1.807) is 0 Å².